The lowest BCUT2D eigenvalue weighted by Crippen LogP contribution is -2.26. The number of ether oxygens (including phenoxy) is 1. The second kappa shape index (κ2) is 5.41. The third-order valence-corrected chi connectivity index (χ3v) is 4.08. The van der Waals surface area contributed by atoms with Gasteiger partial charge in [0.2, 0.25) is 0 Å². The van der Waals surface area contributed by atoms with Gasteiger partial charge < -0.3 is 14.4 Å². The van der Waals surface area contributed by atoms with Crippen molar-refractivity contribution < 1.29 is 14.6 Å². The molecule has 0 saturated carbocycles. The van der Waals surface area contributed by atoms with E-state index >= 15 is 0 Å². The summed E-state index contributed by atoms with van der Waals surface area (Å²) in [5.41, 5.74) is 1.37. The van der Waals surface area contributed by atoms with Crippen molar-refractivity contribution in [1.82, 2.24) is 9.55 Å². The molecule has 3 rings (SSSR count). The smallest absolute Gasteiger partial charge is 0.328 e. The Morgan fingerprint density at radius 2 is 2.24 bits per heavy atom. The highest BCUT2D eigenvalue weighted by Crippen LogP contribution is 2.38. The fraction of sp³-hybridized carbons (Fsp3) is 0.333. The molecule has 1 aliphatic heterocycles. The number of nitrogens with zero attached hydrogens (tertiary/aromatic N) is 2. The number of phenols is 1. The lowest BCUT2D eigenvalue weighted by Gasteiger charge is -2.25. The number of hydrogen-bond donors (Lipinski definition) is 1. The number of fused-ring (bicyclic) bond motifs is 1. The fourth-order valence-corrected chi connectivity index (χ4v) is 3.07. The number of carbonyl (C=O) groups excluding carboxylic acids is 1. The minimum atomic E-state index is -0.451. The number of carbonyl (C=O) groups is 1. The molecule has 0 fully saturated rings. The van der Waals surface area contributed by atoms with Crippen LogP contribution in [0.2, 0.25) is 5.15 Å². The number of para-hydroxylation sites is 1. The largest absolute Gasteiger partial charge is 0.507 e. The average molecular weight is 307 g/mol. The van der Waals surface area contributed by atoms with E-state index in [1.54, 1.807) is 28.8 Å². The Morgan fingerprint density at radius 1 is 1.48 bits per heavy atom. The topological polar surface area (TPSA) is 64.3 Å². The number of benzene rings is 1. The molecule has 0 saturated heterocycles. The van der Waals surface area contributed by atoms with E-state index in [1.165, 1.54) is 7.11 Å². The van der Waals surface area contributed by atoms with Crippen LogP contribution in [0.3, 0.4) is 0 Å². The first-order valence-electron chi connectivity index (χ1n) is 6.76. The summed E-state index contributed by atoms with van der Waals surface area (Å²) in [6, 6.07) is 6.43. The van der Waals surface area contributed by atoms with Gasteiger partial charge in [-0.3, -0.25) is 0 Å². The summed E-state index contributed by atoms with van der Waals surface area (Å²) >= 11 is 6.21. The van der Waals surface area contributed by atoms with Crippen LogP contribution < -0.4 is 0 Å². The molecule has 0 spiro atoms. The van der Waals surface area contributed by atoms with E-state index in [4.69, 9.17) is 16.3 Å². The standard InChI is InChI=1S/C15H15ClN2O3/c1-21-15(20)11-7-4-6-10-13(16)17-14(18(10)11)9-5-2-3-8-12(9)19/h2-3,5,8,11,19H,4,6-7H2,1H3. The van der Waals surface area contributed by atoms with Gasteiger partial charge in [0.1, 0.15) is 17.6 Å². The Kier molecular flexibility index (Phi) is 3.59. The maximum absolute atomic E-state index is 12.0. The number of aromatic hydroxyl groups is 1. The van der Waals surface area contributed by atoms with Gasteiger partial charge in [-0.25, -0.2) is 9.78 Å². The summed E-state index contributed by atoms with van der Waals surface area (Å²) < 4.78 is 6.68. The van der Waals surface area contributed by atoms with Crippen LogP contribution in [0.25, 0.3) is 11.4 Å². The molecule has 110 valence electrons. The maximum Gasteiger partial charge on any atom is 0.328 e. The van der Waals surface area contributed by atoms with Crippen LogP contribution in [-0.4, -0.2) is 27.7 Å². The third-order valence-electron chi connectivity index (χ3n) is 3.78. The van der Waals surface area contributed by atoms with Crippen molar-refractivity contribution in [1.29, 1.82) is 0 Å². The normalized spacial score (nSPS) is 17.3. The van der Waals surface area contributed by atoms with Gasteiger partial charge in [-0.15, -0.1) is 0 Å². The van der Waals surface area contributed by atoms with Crippen molar-refractivity contribution in [3.05, 3.63) is 35.1 Å². The molecule has 1 N–H and O–H groups in total. The second-order valence-electron chi connectivity index (χ2n) is 4.99. The van der Waals surface area contributed by atoms with Crippen molar-refractivity contribution in [3.63, 3.8) is 0 Å². The Labute approximate surface area is 127 Å². The van der Waals surface area contributed by atoms with Crippen LogP contribution in [-0.2, 0) is 16.0 Å². The monoisotopic (exact) mass is 306 g/mol. The van der Waals surface area contributed by atoms with Crippen molar-refractivity contribution in [2.24, 2.45) is 0 Å². The average Bonchev–Trinajstić information content (AvgIpc) is 2.84. The summed E-state index contributed by atoms with van der Waals surface area (Å²) in [5, 5.41) is 10.4. The lowest BCUT2D eigenvalue weighted by atomic mass is 10.0. The van der Waals surface area contributed by atoms with Gasteiger partial charge in [0.25, 0.3) is 0 Å². The van der Waals surface area contributed by atoms with Gasteiger partial charge in [-0.1, -0.05) is 23.7 Å². The number of rotatable bonds is 2. The highest BCUT2D eigenvalue weighted by atomic mass is 35.5. The number of halogens is 1. The minimum Gasteiger partial charge on any atom is -0.507 e. The summed E-state index contributed by atoms with van der Waals surface area (Å²) in [7, 11) is 1.37. The molecule has 1 aromatic heterocycles. The summed E-state index contributed by atoms with van der Waals surface area (Å²) in [5.74, 6) is 0.293. The molecular formula is C15H15ClN2O3. The van der Waals surface area contributed by atoms with E-state index in [-0.39, 0.29) is 11.7 Å². The number of imidazole rings is 1. The first kappa shape index (κ1) is 13.9. The number of hydrogen-bond acceptors (Lipinski definition) is 4. The molecule has 21 heavy (non-hydrogen) atoms. The number of methoxy groups -OCH3 is 1. The fourth-order valence-electron chi connectivity index (χ4n) is 2.80. The van der Waals surface area contributed by atoms with E-state index in [0.29, 0.717) is 23.0 Å². The van der Waals surface area contributed by atoms with Gasteiger partial charge in [-0.05, 0) is 31.4 Å². The molecule has 1 unspecified atom stereocenters. The van der Waals surface area contributed by atoms with Crippen molar-refractivity contribution in [3.8, 4) is 17.1 Å². The van der Waals surface area contributed by atoms with Gasteiger partial charge in [0, 0.05) is 0 Å². The van der Waals surface area contributed by atoms with Gasteiger partial charge >= 0.3 is 5.97 Å². The highest BCUT2D eigenvalue weighted by Gasteiger charge is 2.32. The molecule has 0 radical (unpaired) electrons. The predicted octanol–water partition coefficient (Wildman–Crippen LogP) is 2.96. The van der Waals surface area contributed by atoms with Crippen LogP contribution in [0.15, 0.2) is 24.3 Å². The molecule has 0 bridgehead atoms. The van der Waals surface area contributed by atoms with Crippen molar-refractivity contribution >= 4 is 17.6 Å². The van der Waals surface area contributed by atoms with Crippen LogP contribution in [0.5, 0.6) is 5.75 Å². The zero-order chi connectivity index (χ0) is 15.0. The highest BCUT2D eigenvalue weighted by molar-refractivity contribution is 6.30. The zero-order valence-electron chi connectivity index (χ0n) is 11.5. The van der Waals surface area contributed by atoms with Gasteiger partial charge in [0.15, 0.2) is 5.15 Å². The first-order valence-corrected chi connectivity index (χ1v) is 7.14. The van der Waals surface area contributed by atoms with Crippen LogP contribution >= 0.6 is 11.6 Å². The van der Waals surface area contributed by atoms with E-state index in [2.05, 4.69) is 4.98 Å². The minimum absolute atomic E-state index is 0.108. The van der Waals surface area contributed by atoms with Gasteiger partial charge in [-0.2, -0.15) is 0 Å². The Hall–Kier alpha value is -2.01. The van der Waals surface area contributed by atoms with Crippen LogP contribution in [0.1, 0.15) is 24.6 Å². The SMILES string of the molecule is COC(=O)C1CCCc2c(Cl)nc(-c3ccccc3O)n21. The second-order valence-corrected chi connectivity index (χ2v) is 5.35. The van der Waals surface area contributed by atoms with E-state index in [0.717, 1.165) is 18.5 Å². The molecule has 6 heteroatoms. The number of phenolic OH excluding ortho intramolecular Hbond substituents is 1. The summed E-state index contributed by atoms with van der Waals surface area (Å²) in [6.45, 7) is 0. The molecule has 2 heterocycles. The summed E-state index contributed by atoms with van der Waals surface area (Å²) in [6.07, 6.45) is 2.28. The molecule has 0 amide bonds. The molecule has 1 aliphatic rings. The molecule has 1 aromatic carbocycles. The Balaban J connectivity index is 2.20. The van der Waals surface area contributed by atoms with Gasteiger partial charge in [0.05, 0.1) is 18.4 Å². The van der Waals surface area contributed by atoms with Crippen LogP contribution in [0.4, 0.5) is 0 Å². The Bertz CT molecular complexity index is 696. The van der Waals surface area contributed by atoms with E-state index in [9.17, 15) is 9.90 Å². The zero-order valence-corrected chi connectivity index (χ0v) is 12.3. The third kappa shape index (κ3) is 2.27. The quantitative estimate of drug-likeness (QED) is 0.866. The lowest BCUT2D eigenvalue weighted by molar-refractivity contribution is -0.145. The maximum atomic E-state index is 12.0. The van der Waals surface area contributed by atoms with Crippen molar-refractivity contribution in [2.75, 3.05) is 7.11 Å². The van der Waals surface area contributed by atoms with Crippen LogP contribution in [0, 0.1) is 0 Å². The van der Waals surface area contributed by atoms with E-state index in [1.807, 2.05) is 0 Å². The number of aromatic nitrogens is 2. The summed E-state index contributed by atoms with van der Waals surface area (Å²) in [4.78, 5) is 16.4. The molecular weight excluding hydrogens is 292 g/mol. The molecule has 0 aliphatic carbocycles. The predicted molar refractivity (Wildman–Crippen MR) is 78.3 cm³/mol. The number of esters is 1. The van der Waals surface area contributed by atoms with E-state index < -0.39 is 6.04 Å². The first-order chi connectivity index (χ1) is 10.1. The molecule has 1 atom stereocenters. The Morgan fingerprint density at radius 3 is 2.95 bits per heavy atom. The van der Waals surface area contributed by atoms with Crippen molar-refractivity contribution in [2.45, 2.75) is 25.3 Å². The molecule has 2 aromatic rings. The molecule has 5 nitrogen and oxygen atoms in total.